The van der Waals surface area contributed by atoms with Crippen LogP contribution in [0.5, 0.6) is 0 Å². The SMILES string of the molecule is CCCCn1c(CC(=O)O)nc2cc(Cl)ccc21. The third-order valence-electron chi connectivity index (χ3n) is 2.83. The van der Waals surface area contributed by atoms with Gasteiger partial charge in [-0.3, -0.25) is 4.79 Å². The van der Waals surface area contributed by atoms with Crippen molar-refractivity contribution >= 4 is 28.6 Å². The quantitative estimate of drug-likeness (QED) is 0.905. The summed E-state index contributed by atoms with van der Waals surface area (Å²) >= 11 is 5.92. The molecule has 1 heterocycles. The van der Waals surface area contributed by atoms with E-state index in [0.717, 1.165) is 30.4 Å². The van der Waals surface area contributed by atoms with Crippen LogP contribution in [0.15, 0.2) is 18.2 Å². The van der Waals surface area contributed by atoms with Crippen LogP contribution in [0.3, 0.4) is 0 Å². The molecule has 0 aliphatic rings. The van der Waals surface area contributed by atoms with Crippen molar-refractivity contribution in [3.8, 4) is 0 Å². The molecule has 0 amide bonds. The molecule has 0 radical (unpaired) electrons. The second kappa shape index (κ2) is 5.40. The maximum atomic E-state index is 10.9. The molecule has 18 heavy (non-hydrogen) atoms. The summed E-state index contributed by atoms with van der Waals surface area (Å²) in [5.41, 5.74) is 1.71. The Balaban J connectivity index is 2.49. The van der Waals surface area contributed by atoms with Crippen molar-refractivity contribution in [3.63, 3.8) is 0 Å². The topological polar surface area (TPSA) is 55.1 Å². The lowest BCUT2D eigenvalue weighted by atomic mass is 10.3. The maximum Gasteiger partial charge on any atom is 0.311 e. The number of carbonyl (C=O) groups is 1. The number of fused-ring (bicyclic) bond motifs is 1. The summed E-state index contributed by atoms with van der Waals surface area (Å²) < 4.78 is 1.98. The highest BCUT2D eigenvalue weighted by Crippen LogP contribution is 2.21. The molecule has 4 nitrogen and oxygen atoms in total. The highest BCUT2D eigenvalue weighted by molar-refractivity contribution is 6.31. The highest BCUT2D eigenvalue weighted by Gasteiger charge is 2.13. The molecule has 0 spiro atoms. The Kier molecular flexibility index (Phi) is 3.87. The third kappa shape index (κ3) is 2.64. The first-order chi connectivity index (χ1) is 8.61. The van der Waals surface area contributed by atoms with Crippen LogP contribution in [0.2, 0.25) is 5.02 Å². The molecule has 1 aromatic heterocycles. The molecule has 96 valence electrons. The minimum Gasteiger partial charge on any atom is -0.481 e. The van der Waals surface area contributed by atoms with Gasteiger partial charge in [0.05, 0.1) is 11.0 Å². The Morgan fingerprint density at radius 2 is 2.28 bits per heavy atom. The van der Waals surface area contributed by atoms with E-state index in [2.05, 4.69) is 11.9 Å². The number of hydrogen-bond acceptors (Lipinski definition) is 2. The number of carboxylic acid groups (broad SMARTS) is 1. The largest absolute Gasteiger partial charge is 0.481 e. The number of rotatable bonds is 5. The molecule has 1 aromatic carbocycles. The fourth-order valence-corrected chi connectivity index (χ4v) is 2.16. The monoisotopic (exact) mass is 266 g/mol. The zero-order valence-corrected chi connectivity index (χ0v) is 10.9. The predicted octanol–water partition coefficient (Wildman–Crippen LogP) is 3.12. The first-order valence-electron chi connectivity index (χ1n) is 5.98. The maximum absolute atomic E-state index is 10.9. The fourth-order valence-electron chi connectivity index (χ4n) is 1.99. The average molecular weight is 267 g/mol. The van der Waals surface area contributed by atoms with Gasteiger partial charge >= 0.3 is 5.97 Å². The van der Waals surface area contributed by atoms with Crippen LogP contribution in [-0.2, 0) is 17.8 Å². The van der Waals surface area contributed by atoms with Gasteiger partial charge in [0.1, 0.15) is 12.2 Å². The number of imidazole rings is 1. The summed E-state index contributed by atoms with van der Waals surface area (Å²) in [5.74, 6) is -0.276. The first-order valence-corrected chi connectivity index (χ1v) is 6.36. The number of benzene rings is 1. The number of unbranched alkanes of at least 4 members (excludes halogenated alkanes) is 1. The molecule has 0 aliphatic heterocycles. The van der Waals surface area contributed by atoms with Crippen molar-refractivity contribution in [2.75, 3.05) is 0 Å². The number of aryl methyl sites for hydroxylation is 1. The van der Waals surface area contributed by atoms with Crippen molar-refractivity contribution in [1.82, 2.24) is 9.55 Å². The molecule has 0 bridgehead atoms. The van der Waals surface area contributed by atoms with Crippen LogP contribution in [-0.4, -0.2) is 20.6 Å². The summed E-state index contributed by atoms with van der Waals surface area (Å²) in [4.78, 5) is 15.2. The Morgan fingerprint density at radius 1 is 1.50 bits per heavy atom. The molecular weight excluding hydrogens is 252 g/mol. The van der Waals surface area contributed by atoms with Crippen LogP contribution in [0, 0.1) is 0 Å². The number of halogens is 1. The number of aliphatic carboxylic acids is 1. The van der Waals surface area contributed by atoms with E-state index in [1.165, 1.54) is 0 Å². The molecular formula is C13H15ClN2O2. The number of aromatic nitrogens is 2. The van der Waals surface area contributed by atoms with Crippen LogP contribution in [0.25, 0.3) is 11.0 Å². The molecule has 0 unspecified atom stereocenters. The zero-order chi connectivity index (χ0) is 13.1. The van der Waals surface area contributed by atoms with E-state index < -0.39 is 5.97 Å². The van der Waals surface area contributed by atoms with Gasteiger partial charge in [-0.1, -0.05) is 24.9 Å². The number of hydrogen-bond donors (Lipinski definition) is 1. The lowest BCUT2D eigenvalue weighted by molar-refractivity contribution is -0.136. The molecule has 2 aromatic rings. The van der Waals surface area contributed by atoms with E-state index in [0.29, 0.717) is 10.8 Å². The van der Waals surface area contributed by atoms with Gasteiger partial charge in [-0.25, -0.2) is 4.98 Å². The van der Waals surface area contributed by atoms with Gasteiger partial charge in [0.2, 0.25) is 0 Å². The minimum absolute atomic E-state index is 0.0595. The molecule has 0 fully saturated rings. The van der Waals surface area contributed by atoms with E-state index in [9.17, 15) is 4.79 Å². The van der Waals surface area contributed by atoms with E-state index >= 15 is 0 Å². The van der Waals surface area contributed by atoms with Crippen LogP contribution in [0.1, 0.15) is 25.6 Å². The van der Waals surface area contributed by atoms with Gasteiger partial charge in [0, 0.05) is 11.6 Å². The van der Waals surface area contributed by atoms with Crippen molar-refractivity contribution in [1.29, 1.82) is 0 Å². The lowest BCUT2D eigenvalue weighted by Crippen LogP contribution is -2.09. The second-order valence-corrected chi connectivity index (χ2v) is 4.67. The zero-order valence-electron chi connectivity index (χ0n) is 10.2. The summed E-state index contributed by atoms with van der Waals surface area (Å²) in [7, 11) is 0. The van der Waals surface area contributed by atoms with E-state index in [-0.39, 0.29) is 6.42 Å². The Bertz CT molecular complexity index is 578. The van der Waals surface area contributed by atoms with Crippen LogP contribution in [0.4, 0.5) is 0 Å². The van der Waals surface area contributed by atoms with Gasteiger partial charge in [-0.2, -0.15) is 0 Å². The normalized spacial score (nSPS) is 11.0. The summed E-state index contributed by atoms with van der Waals surface area (Å²) in [6, 6.07) is 5.47. The van der Waals surface area contributed by atoms with Crippen LogP contribution >= 0.6 is 11.6 Å². The number of carboxylic acids is 1. The molecule has 0 saturated heterocycles. The van der Waals surface area contributed by atoms with Crippen molar-refractivity contribution in [2.24, 2.45) is 0 Å². The predicted molar refractivity (Wildman–Crippen MR) is 71.0 cm³/mol. The van der Waals surface area contributed by atoms with E-state index in [1.54, 1.807) is 12.1 Å². The molecule has 5 heteroatoms. The summed E-state index contributed by atoms with van der Waals surface area (Å²) in [6.07, 6.45) is 2.00. The third-order valence-corrected chi connectivity index (χ3v) is 3.07. The molecule has 0 atom stereocenters. The van der Waals surface area contributed by atoms with E-state index in [4.69, 9.17) is 16.7 Å². The van der Waals surface area contributed by atoms with Crippen molar-refractivity contribution in [3.05, 3.63) is 29.0 Å². The Morgan fingerprint density at radius 3 is 2.94 bits per heavy atom. The van der Waals surface area contributed by atoms with Crippen molar-refractivity contribution in [2.45, 2.75) is 32.7 Å². The highest BCUT2D eigenvalue weighted by atomic mass is 35.5. The van der Waals surface area contributed by atoms with Gasteiger partial charge in [0.15, 0.2) is 0 Å². The lowest BCUT2D eigenvalue weighted by Gasteiger charge is -2.06. The van der Waals surface area contributed by atoms with Crippen LogP contribution < -0.4 is 0 Å². The molecule has 0 aliphatic carbocycles. The van der Waals surface area contributed by atoms with Gasteiger partial charge in [-0.15, -0.1) is 0 Å². The van der Waals surface area contributed by atoms with Gasteiger partial charge in [-0.05, 0) is 24.6 Å². The first kappa shape index (κ1) is 12.9. The van der Waals surface area contributed by atoms with Gasteiger partial charge < -0.3 is 9.67 Å². The number of nitrogens with zero attached hydrogens (tertiary/aromatic N) is 2. The van der Waals surface area contributed by atoms with E-state index in [1.807, 2.05) is 10.6 Å². The summed E-state index contributed by atoms with van der Waals surface area (Å²) in [6.45, 7) is 2.89. The Labute approximate surface area is 110 Å². The van der Waals surface area contributed by atoms with Crippen molar-refractivity contribution < 1.29 is 9.90 Å². The fraction of sp³-hybridized carbons (Fsp3) is 0.385. The second-order valence-electron chi connectivity index (χ2n) is 4.24. The minimum atomic E-state index is -0.867. The molecule has 0 saturated carbocycles. The summed E-state index contributed by atoms with van der Waals surface area (Å²) in [5, 5.41) is 9.53. The molecule has 2 rings (SSSR count). The molecule has 1 N–H and O–H groups in total. The average Bonchev–Trinajstić information content (AvgIpc) is 2.62. The standard InChI is InChI=1S/C13H15ClN2O2/c1-2-3-6-16-11-5-4-9(14)7-10(11)15-12(16)8-13(17)18/h4-5,7H,2-3,6,8H2,1H3,(H,17,18). The van der Waals surface area contributed by atoms with Gasteiger partial charge in [0.25, 0.3) is 0 Å². The Hall–Kier alpha value is -1.55. The smallest absolute Gasteiger partial charge is 0.311 e.